The number of benzene rings is 10. The second-order valence-electron chi connectivity index (χ2n) is 16.0. The van der Waals surface area contributed by atoms with E-state index in [1.54, 1.807) is 0 Å². The molecule has 0 N–H and O–H groups in total. The number of fused-ring (bicyclic) bond motifs is 11. The van der Waals surface area contributed by atoms with Crippen molar-refractivity contribution < 1.29 is 4.42 Å². The number of aromatic nitrogens is 1. The summed E-state index contributed by atoms with van der Waals surface area (Å²) in [5, 5.41) is 9.56. The van der Waals surface area contributed by atoms with E-state index in [0.29, 0.717) is 0 Å². The summed E-state index contributed by atoms with van der Waals surface area (Å²) in [5.74, 6) is 0. The van der Waals surface area contributed by atoms with E-state index < -0.39 is 0 Å². The lowest BCUT2D eigenvalue weighted by molar-refractivity contribution is 0.672. The van der Waals surface area contributed by atoms with E-state index in [2.05, 4.69) is 228 Å². The van der Waals surface area contributed by atoms with Crippen molar-refractivity contribution >= 4 is 103 Å². The molecule has 10 aromatic carbocycles. The average molecular weight is 809 g/mol. The van der Waals surface area contributed by atoms with Crippen molar-refractivity contribution in [1.82, 2.24) is 4.57 Å². The number of para-hydroxylation sites is 2. The van der Waals surface area contributed by atoms with E-state index in [1.165, 1.54) is 64.2 Å². The Morgan fingerprint density at radius 3 is 1.98 bits per heavy atom. The van der Waals surface area contributed by atoms with Crippen molar-refractivity contribution in [3.05, 3.63) is 218 Å². The number of nitrogens with zero attached hydrogens (tertiary/aromatic N) is 2. The highest BCUT2D eigenvalue weighted by Gasteiger charge is 2.22. The summed E-state index contributed by atoms with van der Waals surface area (Å²) >= 11 is 1.86. The first kappa shape index (κ1) is 34.9. The summed E-state index contributed by atoms with van der Waals surface area (Å²) in [7, 11) is 0. The van der Waals surface area contributed by atoms with E-state index in [1.807, 2.05) is 11.3 Å². The maximum atomic E-state index is 6.76. The Balaban J connectivity index is 1.02. The number of thiophene rings is 1. The lowest BCUT2D eigenvalue weighted by Crippen LogP contribution is -2.10. The zero-order chi connectivity index (χ0) is 40.7. The smallest absolute Gasteiger partial charge is 0.143 e. The second-order valence-corrected chi connectivity index (χ2v) is 17.1. The van der Waals surface area contributed by atoms with Gasteiger partial charge in [-0.25, -0.2) is 0 Å². The largest absolute Gasteiger partial charge is 0.455 e. The number of anilines is 3. The molecule has 290 valence electrons. The highest BCUT2D eigenvalue weighted by atomic mass is 32.1. The monoisotopic (exact) mass is 808 g/mol. The van der Waals surface area contributed by atoms with Gasteiger partial charge in [0.05, 0.1) is 22.1 Å². The minimum atomic E-state index is 0.864. The molecule has 62 heavy (non-hydrogen) atoms. The lowest BCUT2D eigenvalue weighted by atomic mass is 9.97. The molecule has 0 saturated heterocycles. The van der Waals surface area contributed by atoms with Crippen molar-refractivity contribution in [3.8, 4) is 27.9 Å². The van der Waals surface area contributed by atoms with Gasteiger partial charge in [-0.05, 0) is 107 Å². The topological polar surface area (TPSA) is 21.3 Å². The molecule has 3 aromatic heterocycles. The van der Waals surface area contributed by atoms with E-state index in [0.717, 1.165) is 55.5 Å². The zero-order valence-corrected chi connectivity index (χ0v) is 34.3. The minimum Gasteiger partial charge on any atom is -0.455 e. The molecule has 13 aromatic rings. The number of hydrogen-bond donors (Lipinski definition) is 0. The van der Waals surface area contributed by atoms with E-state index >= 15 is 0 Å². The molecule has 0 aliphatic carbocycles. The van der Waals surface area contributed by atoms with E-state index in [-0.39, 0.29) is 0 Å². The third-order valence-corrected chi connectivity index (χ3v) is 13.7. The molecule has 4 heteroatoms. The zero-order valence-electron chi connectivity index (χ0n) is 33.5. The predicted octanol–water partition coefficient (Wildman–Crippen LogP) is 17.0. The summed E-state index contributed by atoms with van der Waals surface area (Å²) < 4.78 is 11.7. The summed E-state index contributed by atoms with van der Waals surface area (Å²) in [6, 6.07) is 79.1. The Labute approximate surface area is 361 Å². The Hall–Kier alpha value is -7.92. The van der Waals surface area contributed by atoms with Crippen LogP contribution < -0.4 is 4.90 Å². The summed E-state index contributed by atoms with van der Waals surface area (Å²) in [4.78, 5) is 2.41. The number of hydrogen-bond acceptors (Lipinski definition) is 3. The maximum absolute atomic E-state index is 6.76. The van der Waals surface area contributed by atoms with Crippen LogP contribution in [0.4, 0.5) is 17.1 Å². The Morgan fingerprint density at radius 1 is 0.403 bits per heavy atom. The molecule has 13 rings (SSSR count). The van der Waals surface area contributed by atoms with Gasteiger partial charge >= 0.3 is 0 Å². The third-order valence-electron chi connectivity index (χ3n) is 12.6. The van der Waals surface area contributed by atoms with Gasteiger partial charge in [-0.1, -0.05) is 140 Å². The first-order chi connectivity index (χ1) is 30.8. The summed E-state index contributed by atoms with van der Waals surface area (Å²) in [5.41, 5.74) is 13.3. The van der Waals surface area contributed by atoms with Gasteiger partial charge in [0.2, 0.25) is 0 Å². The normalized spacial score (nSPS) is 11.9. The molecule has 3 nitrogen and oxygen atoms in total. The van der Waals surface area contributed by atoms with Gasteiger partial charge in [0.15, 0.2) is 0 Å². The fraction of sp³-hybridized carbons (Fsp3) is 0. The quantitative estimate of drug-likeness (QED) is 0.167. The highest BCUT2D eigenvalue weighted by molar-refractivity contribution is 7.25. The minimum absolute atomic E-state index is 0.864. The van der Waals surface area contributed by atoms with Gasteiger partial charge in [0.1, 0.15) is 11.2 Å². The van der Waals surface area contributed by atoms with Gasteiger partial charge in [-0.15, -0.1) is 11.3 Å². The maximum Gasteiger partial charge on any atom is 0.143 e. The Bertz CT molecular complexity index is 3870. The fourth-order valence-electron chi connectivity index (χ4n) is 9.88. The Morgan fingerprint density at radius 2 is 1.10 bits per heavy atom. The van der Waals surface area contributed by atoms with Crippen LogP contribution >= 0.6 is 11.3 Å². The molecule has 0 aliphatic rings. The fourth-order valence-corrected chi connectivity index (χ4v) is 11.0. The van der Waals surface area contributed by atoms with Gasteiger partial charge in [-0.3, -0.25) is 0 Å². The van der Waals surface area contributed by atoms with Crippen molar-refractivity contribution in [2.45, 2.75) is 0 Å². The molecule has 0 amide bonds. The summed E-state index contributed by atoms with van der Waals surface area (Å²) in [6.07, 6.45) is 0. The van der Waals surface area contributed by atoms with Gasteiger partial charge in [0, 0.05) is 58.8 Å². The summed E-state index contributed by atoms with van der Waals surface area (Å²) in [6.45, 7) is 0. The lowest BCUT2D eigenvalue weighted by Gasteiger charge is -2.27. The van der Waals surface area contributed by atoms with Crippen LogP contribution in [0.2, 0.25) is 0 Å². The standard InChI is InChI=1S/C58H36N2OS/c1-2-16-40(17-3-1)60-49-24-8-6-20-46(49)55-43(22-11-25-50(55)60)38-30-33-41(34-31-38)59(51-26-13-27-52-57(51)48-35-32-37-14-4-5-19-45(37)58(48)61-52)42-18-10-15-39(36-42)44-23-12-29-54-56(44)47-21-7-9-28-53(47)62-54/h1-36H. The molecule has 0 fully saturated rings. The van der Waals surface area contributed by atoms with Crippen LogP contribution in [-0.2, 0) is 0 Å². The van der Waals surface area contributed by atoms with Gasteiger partial charge in [-0.2, -0.15) is 0 Å². The first-order valence-electron chi connectivity index (χ1n) is 21.1. The highest BCUT2D eigenvalue weighted by Crippen LogP contribution is 2.47. The molecule has 0 saturated carbocycles. The Kier molecular flexibility index (Phi) is 7.78. The van der Waals surface area contributed by atoms with Crippen LogP contribution in [0.1, 0.15) is 0 Å². The molecule has 0 atom stereocenters. The van der Waals surface area contributed by atoms with Gasteiger partial charge in [0.25, 0.3) is 0 Å². The van der Waals surface area contributed by atoms with Crippen LogP contribution in [0.15, 0.2) is 223 Å². The molecular weight excluding hydrogens is 773 g/mol. The van der Waals surface area contributed by atoms with Crippen molar-refractivity contribution in [2.24, 2.45) is 0 Å². The van der Waals surface area contributed by atoms with Crippen LogP contribution in [0.5, 0.6) is 0 Å². The molecule has 0 bridgehead atoms. The van der Waals surface area contributed by atoms with Crippen LogP contribution in [0, 0.1) is 0 Å². The first-order valence-corrected chi connectivity index (χ1v) is 21.9. The van der Waals surface area contributed by atoms with Crippen LogP contribution in [-0.4, -0.2) is 4.57 Å². The SMILES string of the molecule is c1ccc(-n2c3ccccc3c3c(-c4ccc(N(c5cccc(-c6cccc7sc8ccccc8c67)c5)c5cccc6oc7c8ccccc8ccc7c56)cc4)cccc32)cc1. The van der Waals surface area contributed by atoms with Crippen molar-refractivity contribution in [2.75, 3.05) is 4.90 Å². The number of rotatable bonds is 6. The average Bonchev–Trinajstić information content (AvgIpc) is 4.03. The molecule has 0 aliphatic heterocycles. The van der Waals surface area contributed by atoms with Crippen molar-refractivity contribution in [1.29, 1.82) is 0 Å². The predicted molar refractivity (Wildman–Crippen MR) is 264 cm³/mol. The van der Waals surface area contributed by atoms with Crippen LogP contribution in [0.25, 0.3) is 103 Å². The number of furan rings is 1. The van der Waals surface area contributed by atoms with Crippen LogP contribution in [0.3, 0.4) is 0 Å². The van der Waals surface area contributed by atoms with E-state index in [4.69, 9.17) is 4.42 Å². The molecule has 0 spiro atoms. The van der Waals surface area contributed by atoms with E-state index in [9.17, 15) is 0 Å². The molecule has 0 unspecified atom stereocenters. The van der Waals surface area contributed by atoms with Crippen molar-refractivity contribution in [3.63, 3.8) is 0 Å². The molecule has 0 radical (unpaired) electrons. The molecule has 3 heterocycles. The molecular formula is C58H36N2OS. The third kappa shape index (κ3) is 5.30. The van der Waals surface area contributed by atoms with Gasteiger partial charge < -0.3 is 13.9 Å². The second kappa shape index (κ2) is 13.8.